The van der Waals surface area contributed by atoms with Crippen molar-refractivity contribution in [2.75, 3.05) is 0 Å². The summed E-state index contributed by atoms with van der Waals surface area (Å²) in [5, 5.41) is 4.13. The first-order valence-electron chi connectivity index (χ1n) is 5.27. The molecule has 0 saturated carbocycles. The van der Waals surface area contributed by atoms with Gasteiger partial charge in [-0.15, -0.1) is 0 Å². The van der Waals surface area contributed by atoms with Gasteiger partial charge in [-0.1, -0.05) is 6.07 Å². The van der Waals surface area contributed by atoms with Crippen LogP contribution in [0, 0.1) is 5.82 Å². The number of benzene rings is 1. The second-order valence-corrected chi connectivity index (χ2v) is 3.55. The molecular formula is C12H14FN3. The maximum atomic E-state index is 13.7. The van der Waals surface area contributed by atoms with Crippen LogP contribution in [0.3, 0.4) is 0 Å². The van der Waals surface area contributed by atoms with Crippen LogP contribution in [0.1, 0.15) is 12.5 Å². The zero-order chi connectivity index (χ0) is 11.5. The molecule has 0 bridgehead atoms. The Morgan fingerprint density at radius 2 is 2.19 bits per heavy atom. The molecule has 16 heavy (non-hydrogen) atoms. The van der Waals surface area contributed by atoms with Crippen molar-refractivity contribution in [3.8, 4) is 11.3 Å². The molecule has 1 heterocycles. The van der Waals surface area contributed by atoms with E-state index in [-0.39, 0.29) is 5.82 Å². The Balaban J connectivity index is 2.54. The largest absolute Gasteiger partial charge is 0.326 e. The zero-order valence-corrected chi connectivity index (χ0v) is 9.15. The third-order valence-corrected chi connectivity index (χ3v) is 2.56. The highest BCUT2D eigenvalue weighted by Crippen LogP contribution is 2.23. The van der Waals surface area contributed by atoms with Gasteiger partial charge in [-0.3, -0.25) is 4.68 Å². The number of nitrogens with two attached hydrogens (primary N) is 1. The lowest BCUT2D eigenvalue weighted by molar-refractivity contribution is 0.621. The molecule has 0 aliphatic heterocycles. The van der Waals surface area contributed by atoms with Gasteiger partial charge >= 0.3 is 0 Å². The van der Waals surface area contributed by atoms with Crippen LogP contribution in [0.2, 0.25) is 0 Å². The summed E-state index contributed by atoms with van der Waals surface area (Å²) in [7, 11) is 0. The smallest absolute Gasteiger partial charge is 0.132 e. The molecule has 2 N–H and O–H groups in total. The van der Waals surface area contributed by atoms with Gasteiger partial charge in [0.15, 0.2) is 0 Å². The van der Waals surface area contributed by atoms with Gasteiger partial charge in [-0.25, -0.2) is 4.39 Å². The predicted octanol–water partition coefficient (Wildman–Crippen LogP) is 2.17. The summed E-state index contributed by atoms with van der Waals surface area (Å²) >= 11 is 0. The number of hydrogen-bond donors (Lipinski definition) is 1. The fourth-order valence-electron chi connectivity index (χ4n) is 1.71. The molecule has 0 amide bonds. The van der Waals surface area contributed by atoms with E-state index in [1.54, 1.807) is 23.0 Å². The van der Waals surface area contributed by atoms with E-state index in [1.165, 1.54) is 6.07 Å². The molecule has 1 aromatic carbocycles. The zero-order valence-electron chi connectivity index (χ0n) is 9.15. The number of hydrogen-bond acceptors (Lipinski definition) is 2. The van der Waals surface area contributed by atoms with Gasteiger partial charge < -0.3 is 5.73 Å². The number of aromatic nitrogens is 2. The molecule has 4 heteroatoms. The van der Waals surface area contributed by atoms with Gasteiger partial charge in [0.25, 0.3) is 0 Å². The van der Waals surface area contributed by atoms with E-state index in [9.17, 15) is 4.39 Å². The van der Waals surface area contributed by atoms with Crippen molar-refractivity contribution in [3.63, 3.8) is 0 Å². The van der Waals surface area contributed by atoms with Crippen molar-refractivity contribution < 1.29 is 4.39 Å². The molecule has 3 nitrogen and oxygen atoms in total. The second kappa shape index (κ2) is 4.45. The standard InChI is InChI=1S/C12H14FN3/c1-2-16-12(5-6-15-16)10-7-9(8-14)3-4-11(10)13/h3-7H,2,8,14H2,1H3. The molecule has 0 aliphatic carbocycles. The summed E-state index contributed by atoms with van der Waals surface area (Å²) in [4.78, 5) is 0. The topological polar surface area (TPSA) is 43.8 Å². The first-order chi connectivity index (χ1) is 7.76. The van der Waals surface area contributed by atoms with Crippen molar-refractivity contribution in [2.45, 2.75) is 20.0 Å². The Morgan fingerprint density at radius 3 is 2.88 bits per heavy atom. The highest BCUT2D eigenvalue weighted by molar-refractivity contribution is 5.61. The van der Waals surface area contributed by atoms with E-state index in [0.29, 0.717) is 18.7 Å². The fraction of sp³-hybridized carbons (Fsp3) is 0.250. The van der Waals surface area contributed by atoms with Crippen LogP contribution in [0.4, 0.5) is 4.39 Å². The van der Waals surface area contributed by atoms with Crippen molar-refractivity contribution in [3.05, 3.63) is 41.8 Å². The van der Waals surface area contributed by atoms with Crippen LogP contribution in [0.25, 0.3) is 11.3 Å². The van der Waals surface area contributed by atoms with E-state index in [0.717, 1.165) is 11.3 Å². The molecule has 2 rings (SSSR count). The summed E-state index contributed by atoms with van der Waals surface area (Å²) in [6, 6.07) is 6.73. The van der Waals surface area contributed by atoms with Gasteiger partial charge in [0, 0.05) is 24.8 Å². The van der Waals surface area contributed by atoms with Crippen LogP contribution >= 0.6 is 0 Å². The number of rotatable bonds is 3. The number of halogens is 1. The van der Waals surface area contributed by atoms with Crippen LogP contribution in [0.5, 0.6) is 0 Å². The number of nitrogens with zero attached hydrogens (tertiary/aromatic N) is 2. The molecule has 0 saturated heterocycles. The molecular weight excluding hydrogens is 205 g/mol. The molecule has 0 aliphatic rings. The monoisotopic (exact) mass is 219 g/mol. The lowest BCUT2D eigenvalue weighted by Crippen LogP contribution is -2.02. The van der Waals surface area contributed by atoms with Gasteiger partial charge in [0.05, 0.1) is 5.69 Å². The fourth-order valence-corrected chi connectivity index (χ4v) is 1.71. The lowest BCUT2D eigenvalue weighted by atomic mass is 10.1. The molecule has 2 aromatic rings. The third-order valence-electron chi connectivity index (χ3n) is 2.56. The molecule has 0 fully saturated rings. The van der Waals surface area contributed by atoms with E-state index in [4.69, 9.17) is 5.73 Å². The van der Waals surface area contributed by atoms with Crippen LogP contribution in [0.15, 0.2) is 30.5 Å². The number of aryl methyl sites for hydroxylation is 1. The molecule has 1 aromatic heterocycles. The van der Waals surface area contributed by atoms with E-state index in [1.807, 2.05) is 13.0 Å². The van der Waals surface area contributed by atoms with E-state index >= 15 is 0 Å². The van der Waals surface area contributed by atoms with Gasteiger partial charge in [0.2, 0.25) is 0 Å². The molecule has 0 spiro atoms. The van der Waals surface area contributed by atoms with Crippen molar-refractivity contribution in [2.24, 2.45) is 5.73 Å². The van der Waals surface area contributed by atoms with E-state index < -0.39 is 0 Å². The summed E-state index contributed by atoms with van der Waals surface area (Å²) in [5.74, 6) is -0.243. The summed E-state index contributed by atoms with van der Waals surface area (Å²) < 4.78 is 15.5. The first kappa shape index (κ1) is 10.8. The van der Waals surface area contributed by atoms with Crippen molar-refractivity contribution in [1.29, 1.82) is 0 Å². The first-order valence-corrected chi connectivity index (χ1v) is 5.27. The molecule has 0 unspecified atom stereocenters. The summed E-state index contributed by atoms with van der Waals surface area (Å²) in [6.07, 6.45) is 1.67. The lowest BCUT2D eigenvalue weighted by Gasteiger charge is -2.07. The third kappa shape index (κ3) is 1.84. The predicted molar refractivity (Wildman–Crippen MR) is 61.2 cm³/mol. The highest BCUT2D eigenvalue weighted by Gasteiger charge is 2.10. The van der Waals surface area contributed by atoms with Crippen LogP contribution in [-0.2, 0) is 13.1 Å². The Labute approximate surface area is 93.7 Å². The minimum Gasteiger partial charge on any atom is -0.326 e. The Bertz CT molecular complexity index is 491. The van der Waals surface area contributed by atoms with Crippen molar-refractivity contribution in [1.82, 2.24) is 9.78 Å². The van der Waals surface area contributed by atoms with Crippen molar-refractivity contribution >= 4 is 0 Å². The second-order valence-electron chi connectivity index (χ2n) is 3.55. The Morgan fingerprint density at radius 1 is 1.38 bits per heavy atom. The quantitative estimate of drug-likeness (QED) is 0.859. The SMILES string of the molecule is CCn1nccc1-c1cc(CN)ccc1F. The van der Waals surface area contributed by atoms with Gasteiger partial charge in [-0.2, -0.15) is 5.10 Å². The summed E-state index contributed by atoms with van der Waals surface area (Å²) in [5.41, 5.74) is 7.81. The normalized spacial score (nSPS) is 10.7. The Kier molecular flexibility index (Phi) is 3.01. The average Bonchev–Trinajstić information content (AvgIpc) is 2.77. The maximum absolute atomic E-state index is 13.7. The molecule has 0 atom stereocenters. The van der Waals surface area contributed by atoms with Gasteiger partial charge in [0.1, 0.15) is 5.82 Å². The summed E-state index contributed by atoms with van der Waals surface area (Å²) in [6.45, 7) is 3.10. The Hall–Kier alpha value is -1.68. The van der Waals surface area contributed by atoms with E-state index in [2.05, 4.69) is 5.10 Å². The minimum atomic E-state index is -0.243. The van der Waals surface area contributed by atoms with Gasteiger partial charge in [-0.05, 0) is 30.7 Å². The molecule has 0 radical (unpaired) electrons. The van der Waals surface area contributed by atoms with Crippen LogP contribution < -0.4 is 5.73 Å². The van der Waals surface area contributed by atoms with Crippen LogP contribution in [-0.4, -0.2) is 9.78 Å². The highest BCUT2D eigenvalue weighted by atomic mass is 19.1. The maximum Gasteiger partial charge on any atom is 0.132 e. The minimum absolute atomic E-state index is 0.243. The molecule has 84 valence electrons. The average molecular weight is 219 g/mol.